The van der Waals surface area contributed by atoms with E-state index in [1.165, 1.54) is 6.07 Å². The smallest absolute Gasteiger partial charge is 0.223 e. The zero-order valence-corrected chi connectivity index (χ0v) is 16.8. The number of carbonyl (C=O) groups excluding carboxylic acids is 1. The lowest BCUT2D eigenvalue weighted by Gasteiger charge is -2.21. The van der Waals surface area contributed by atoms with Crippen LogP contribution in [0, 0.1) is 5.82 Å². The molecule has 0 aromatic heterocycles. The van der Waals surface area contributed by atoms with Gasteiger partial charge in [0.1, 0.15) is 5.82 Å². The summed E-state index contributed by atoms with van der Waals surface area (Å²) in [6.45, 7) is 2.67. The van der Waals surface area contributed by atoms with Crippen molar-refractivity contribution in [3.8, 4) is 11.5 Å². The molecule has 0 aliphatic rings. The molecule has 0 heterocycles. The lowest BCUT2D eigenvalue weighted by molar-refractivity contribution is -0.131. The van der Waals surface area contributed by atoms with Crippen LogP contribution in [0.3, 0.4) is 0 Å². The highest BCUT2D eigenvalue weighted by Gasteiger charge is 2.15. The number of ether oxygens (including phenoxy) is 2. The Kier molecular flexibility index (Phi) is 7.45. The second kappa shape index (κ2) is 9.57. The molecule has 1 amide bonds. The maximum Gasteiger partial charge on any atom is 0.223 e. The molecule has 0 fully saturated rings. The van der Waals surface area contributed by atoms with Gasteiger partial charge in [0.2, 0.25) is 5.91 Å². The minimum Gasteiger partial charge on any atom is -0.493 e. The van der Waals surface area contributed by atoms with Crippen LogP contribution in [-0.4, -0.2) is 31.6 Å². The van der Waals surface area contributed by atoms with Crippen LogP contribution in [0.25, 0.3) is 0 Å². The Labute approximate surface area is 162 Å². The van der Waals surface area contributed by atoms with Crippen LogP contribution >= 0.6 is 15.9 Å². The molecule has 0 bridgehead atoms. The highest BCUT2D eigenvalue weighted by atomic mass is 79.9. The highest BCUT2D eigenvalue weighted by molar-refractivity contribution is 9.10. The van der Waals surface area contributed by atoms with Crippen molar-refractivity contribution in [2.45, 2.75) is 26.3 Å². The Balaban J connectivity index is 2.02. The topological polar surface area (TPSA) is 38.8 Å². The monoisotopic (exact) mass is 423 g/mol. The zero-order valence-electron chi connectivity index (χ0n) is 15.2. The predicted molar refractivity (Wildman–Crippen MR) is 103 cm³/mol. The normalized spacial score (nSPS) is 10.5. The lowest BCUT2D eigenvalue weighted by Crippen LogP contribution is -2.30. The first-order valence-corrected chi connectivity index (χ1v) is 9.20. The number of rotatable bonds is 8. The van der Waals surface area contributed by atoms with E-state index in [1.807, 2.05) is 25.1 Å². The summed E-state index contributed by atoms with van der Waals surface area (Å²) in [4.78, 5) is 14.2. The van der Waals surface area contributed by atoms with Gasteiger partial charge in [-0.15, -0.1) is 0 Å². The summed E-state index contributed by atoms with van der Waals surface area (Å²) in [5.74, 6) is 0.977. The van der Waals surface area contributed by atoms with Crippen LogP contribution in [0.2, 0.25) is 0 Å². The number of hydrogen-bond acceptors (Lipinski definition) is 3. The van der Waals surface area contributed by atoms with Crippen molar-refractivity contribution < 1.29 is 18.7 Å². The Morgan fingerprint density at radius 3 is 2.50 bits per heavy atom. The largest absolute Gasteiger partial charge is 0.493 e. The van der Waals surface area contributed by atoms with Gasteiger partial charge < -0.3 is 14.4 Å². The van der Waals surface area contributed by atoms with Gasteiger partial charge in [0, 0.05) is 29.5 Å². The average Bonchev–Trinajstić information content (AvgIpc) is 2.66. The summed E-state index contributed by atoms with van der Waals surface area (Å²) in [6.07, 6.45) is 0.926. The minimum absolute atomic E-state index is 0.0124. The van der Waals surface area contributed by atoms with Gasteiger partial charge in [0.15, 0.2) is 11.5 Å². The summed E-state index contributed by atoms with van der Waals surface area (Å²) in [7, 11) is 3.17. The van der Waals surface area contributed by atoms with Gasteiger partial charge in [-0.3, -0.25) is 4.79 Å². The van der Waals surface area contributed by atoms with Crippen molar-refractivity contribution in [2.75, 3.05) is 20.8 Å². The molecule has 0 saturated carbocycles. The third-order valence-electron chi connectivity index (χ3n) is 4.18. The van der Waals surface area contributed by atoms with Crippen LogP contribution in [0.5, 0.6) is 11.5 Å². The van der Waals surface area contributed by atoms with Gasteiger partial charge in [-0.1, -0.05) is 22.0 Å². The second-order valence-corrected chi connectivity index (χ2v) is 6.75. The van der Waals surface area contributed by atoms with E-state index >= 15 is 0 Å². The molecule has 6 heteroatoms. The molecule has 140 valence electrons. The lowest BCUT2D eigenvalue weighted by atomic mass is 10.1. The number of halogens is 2. The fourth-order valence-electron chi connectivity index (χ4n) is 2.69. The van der Waals surface area contributed by atoms with Crippen molar-refractivity contribution in [3.63, 3.8) is 0 Å². The van der Waals surface area contributed by atoms with Gasteiger partial charge in [-0.05, 0) is 49.2 Å². The first-order valence-electron chi connectivity index (χ1n) is 8.41. The first-order chi connectivity index (χ1) is 12.5. The van der Waals surface area contributed by atoms with Crippen LogP contribution in [0.15, 0.2) is 40.9 Å². The number of hydrogen-bond donors (Lipinski definition) is 0. The van der Waals surface area contributed by atoms with Gasteiger partial charge in [-0.25, -0.2) is 4.39 Å². The van der Waals surface area contributed by atoms with E-state index in [-0.39, 0.29) is 18.3 Å². The summed E-state index contributed by atoms with van der Waals surface area (Å²) < 4.78 is 25.3. The molecule has 0 N–H and O–H groups in total. The van der Waals surface area contributed by atoms with Crippen molar-refractivity contribution in [3.05, 3.63) is 57.8 Å². The van der Waals surface area contributed by atoms with E-state index in [9.17, 15) is 9.18 Å². The molecular weight excluding hydrogens is 401 g/mol. The van der Waals surface area contributed by atoms with E-state index in [0.717, 1.165) is 10.0 Å². The summed E-state index contributed by atoms with van der Waals surface area (Å²) in [6, 6.07) is 10.4. The molecule has 2 aromatic rings. The molecule has 4 nitrogen and oxygen atoms in total. The van der Waals surface area contributed by atoms with Gasteiger partial charge in [0.05, 0.1) is 14.2 Å². The highest BCUT2D eigenvalue weighted by Crippen LogP contribution is 2.28. The molecule has 0 unspecified atom stereocenters. The maximum atomic E-state index is 14.0. The van der Waals surface area contributed by atoms with Gasteiger partial charge in [0.25, 0.3) is 0 Å². The fraction of sp³-hybridized carbons (Fsp3) is 0.350. The number of carbonyl (C=O) groups is 1. The van der Waals surface area contributed by atoms with Gasteiger partial charge in [-0.2, -0.15) is 0 Å². The third kappa shape index (κ3) is 5.21. The number of benzene rings is 2. The average molecular weight is 424 g/mol. The van der Waals surface area contributed by atoms with E-state index in [1.54, 1.807) is 31.3 Å². The number of nitrogens with zero attached hydrogens (tertiary/aromatic N) is 1. The molecule has 2 aromatic carbocycles. The first kappa shape index (κ1) is 20.2. The van der Waals surface area contributed by atoms with E-state index in [2.05, 4.69) is 15.9 Å². The SMILES string of the molecule is CCN(Cc1cc(Br)ccc1F)C(=O)CCc1ccc(OC)c(OC)c1. The Hall–Kier alpha value is -2.08. The Bertz CT molecular complexity index is 767. The van der Waals surface area contributed by atoms with Crippen molar-refractivity contribution in [2.24, 2.45) is 0 Å². The van der Waals surface area contributed by atoms with Crippen LogP contribution < -0.4 is 9.47 Å². The number of methoxy groups -OCH3 is 2. The summed E-state index contributed by atoms with van der Waals surface area (Å²) in [5, 5.41) is 0. The molecule has 26 heavy (non-hydrogen) atoms. The maximum absolute atomic E-state index is 14.0. The second-order valence-electron chi connectivity index (χ2n) is 5.83. The molecule has 0 saturated heterocycles. The van der Waals surface area contributed by atoms with Gasteiger partial charge >= 0.3 is 0 Å². The number of amides is 1. The quantitative estimate of drug-likeness (QED) is 0.623. The van der Waals surface area contributed by atoms with Crippen molar-refractivity contribution in [1.29, 1.82) is 0 Å². The Morgan fingerprint density at radius 2 is 1.85 bits per heavy atom. The predicted octanol–water partition coefficient (Wildman–Crippen LogP) is 4.59. The third-order valence-corrected chi connectivity index (χ3v) is 4.67. The molecule has 0 aliphatic heterocycles. The molecule has 0 aliphatic carbocycles. The van der Waals surface area contributed by atoms with Crippen LogP contribution in [0.4, 0.5) is 4.39 Å². The van der Waals surface area contributed by atoms with E-state index < -0.39 is 0 Å². The zero-order chi connectivity index (χ0) is 19.1. The molecule has 2 rings (SSSR count). The van der Waals surface area contributed by atoms with E-state index in [0.29, 0.717) is 36.4 Å². The van der Waals surface area contributed by atoms with Crippen LogP contribution in [-0.2, 0) is 17.8 Å². The molecule has 0 radical (unpaired) electrons. The van der Waals surface area contributed by atoms with E-state index in [4.69, 9.17) is 9.47 Å². The van der Waals surface area contributed by atoms with Crippen LogP contribution in [0.1, 0.15) is 24.5 Å². The molecule has 0 spiro atoms. The molecule has 0 atom stereocenters. The summed E-state index contributed by atoms with van der Waals surface area (Å²) >= 11 is 3.34. The summed E-state index contributed by atoms with van der Waals surface area (Å²) in [5.41, 5.74) is 1.49. The molecular formula is C20H23BrFNO3. The Morgan fingerprint density at radius 1 is 1.12 bits per heavy atom. The fourth-order valence-corrected chi connectivity index (χ4v) is 3.10. The standard InChI is InChI=1S/C20H23BrFNO3/c1-4-23(13-15-12-16(21)7-8-17(15)22)20(24)10-6-14-5-9-18(25-2)19(11-14)26-3/h5,7-9,11-12H,4,6,10,13H2,1-3H3. The minimum atomic E-state index is -0.306. The van der Waals surface area contributed by atoms with Crippen molar-refractivity contribution >= 4 is 21.8 Å². The number of aryl methyl sites for hydroxylation is 1. The van der Waals surface area contributed by atoms with Crippen molar-refractivity contribution in [1.82, 2.24) is 4.90 Å².